The van der Waals surface area contributed by atoms with Gasteiger partial charge in [-0.1, -0.05) is 43.5 Å². The molecule has 3 aromatic rings. The number of benzene rings is 1. The fourth-order valence-electron chi connectivity index (χ4n) is 4.70. The topological polar surface area (TPSA) is 144 Å². The molecular formula is C23H21N5O4. The lowest BCUT2D eigenvalue weighted by molar-refractivity contribution is -0.402. The summed E-state index contributed by atoms with van der Waals surface area (Å²) in [4.78, 5) is 10.5. The first-order valence-corrected chi connectivity index (χ1v) is 10.6. The molecule has 32 heavy (non-hydrogen) atoms. The summed E-state index contributed by atoms with van der Waals surface area (Å²) in [5.41, 5.74) is 9.47. The van der Waals surface area contributed by atoms with E-state index in [-0.39, 0.29) is 23.1 Å². The monoisotopic (exact) mass is 431 g/mol. The second-order valence-corrected chi connectivity index (χ2v) is 8.13. The summed E-state index contributed by atoms with van der Waals surface area (Å²) in [6, 6.07) is 13.1. The number of furan rings is 1. The highest BCUT2D eigenvalue weighted by molar-refractivity contribution is 5.70. The second-order valence-electron chi connectivity index (χ2n) is 8.13. The number of rotatable bonds is 4. The number of fused-ring (bicyclic) bond motifs is 1. The van der Waals surface area contributed by atoms with Gasteiger partial charge in [0, 0.05) is 5.56 Å². The summed E-state index contributed by atoms with van der Waals surface area (Å²) in [6.07, 6.45) is 6.25. The molecule has 0 saturated heterocycles. The first-order valence-electron chi connectivity index (χ1n) is 10.6. The van der Waals surface area contributed by atoms with Crippen molar-refractivity contribution in [3.63, 3.8) is 0 Å². The third-order valence-corrected chi connectivity index (χ3v) is 6.29. The second kappa shape index (κ2) is 7.89. The van der Waals surface area contributed by atoms with E-state index in [0.29, 0.717) is 17.2 Å². The van der Waals surface area contributed by atoms with Gasteiger partial charge in [0.1, 0.15) is 22.3 Å². The smallest absolute Gasteiger partial charge is 0.420 e. The molecule has 9 heteroatoms. The normalized spacial score (nSPS) is 18.7. The molecule has 1 aliphatic carbocycles. The van der Waals surface area contributed by atoms with E-state index < -0.39 is 16.7 Å². The maximum absolute atomic E-state index is 11.1. The number of aromatic amines is 1. The molecule has 0 amide bonds. The van der Waals surface area contributed by atoms with E-state index in [1.54, 1.807) is 0 Å². The SMILES string of the molecule is N#CC1=C(N)Oc2n[nH]c(-c3ccc(C4CCCCC4)cc3)c2C1c1ccc([N+](=O)[O-])o1. The Labute approximate surface area is 183 Å². The Morgan fingerprint density at radius 3 is 2.56 bits per heavy atom. The van der Waals surface area contributed by atoms with Crippen LogP contribution in [-0.2, 0) is 0 Å². The van der Waals surface area contributed by atoms with Gasteiger partial charge in [0.15, 0.2) is 0 Å². The molecule has 5 rings (SSSR count). The number of allylic oxidation sites excluding steroid dienone is 1. The van der Waals surface area contributed by atoms with E-state index in [0.717, 1.165) is 5.56 Å². The molecule has 2 aliphatic rings. The van der Waals surface area contributed by atoms with Crippen LogP contribution in [0.3, 0.4) is 0 Å². The van der Waals surface area contributed by atoms with Crippen LogP contribution < -0.4 is 10.5 Å². The molecule has 1 unspecified atom stereocenters. The summed E-state index contributed by atoms with van der Waals surface area (Å²) >= 11 is 0. The molecule has 162 valence electrons. The minimum absolute atomic E-state index is 0.102. The van der Waals surface area contributed by atoms with Crippen molar-refractivity contribution in [2.45, 2.75) is 43.9 Å². The minimum Gasteiger partial charge on any atom is -0.420 e. The van der Waals surface area contributed by atoms with E-state index in [4.69, 9.17) is 14.9 Å². The predicted octanol–water partition coefficient (Wildman–Crippen LogP) is 4.84. The summed E-state index contributed by atoms with van der Waals surface area (Å²) < 4.78 is 11.0. The Kier molecular flexibility index (Phi) is 4.90. The average molecular weight is 431 g/mol. The number of H-pyrrole nitrogens is 1. The maximum atomic E-state index is 11.1. The van der Waals surface area contributed by atoms with E-state index >= 15 is 0 Å². The number of nitro groups is 1. The number of nitrogens with one attached hydrogen (secondary N) is 1. The zero-order chi connectivity index (χ0) is 22.2. The Morgan fingerprint density at radius 2 is 1.91 bits per heavy atom. The van der Waals surface area contributed by atoms with E-state index in [9.17, 15) is 15.4 Å². The maximum Gasteiger partial charge on any atom is 0.433 e. The van der Waals surface area contributed by atoms with Crippen molar-refractivity contribution in [3.8, 4) is 23.2 Å². The molecule has 1 aromatic carbocycles. The summed E-state index contributed by atoms with van der Waals surface area (Å²) in [5.74, 6) is -0.259. The predicted molar refractivity (Wildman–Crippen MR) is 115 cm³/mol. The lowest BCUT2D eigenvalue weighted by Crippen LogP contribution is -2.20. The molecule has 1 fully saturated rings. The highest BCUT2D eigenvalue weighted by Gasteiger charge is 2.38. The van der Waals surface area contributed by atoms with Crippen LogP contribution in [0.25, 0.3) is 11.3 Å². The fourth-order valence-corrected chi connectivity index (χ4v) is 4.70. The standard InChI is InChI=1S/C23H21N5O4/c24-12-16-19(17-10-11-18(31-17)28(29)30)20-21(26-27-23(20)32-22(16)25)15-8-6-14(7-9-15)13-4-2-1-3-5-13/h6-11,13,19H,1-5,25H2,(H,26,27). The molecular weight excluding hydrogens is 410 g/mol. The number of nitrogens with two attached hydrogens (primary N) is 1. The highest BCUT2D eigenvalue weighted by atomic mass is 16.6. The van der Waals surface area contributed by atoms with Crippen LogP contribution >= 0.6 is 0 Å². The summed E-state index contributed by atoms with van der Waals surface area (Å²) in [5, 5.41) is 28.1. The van der Waals surface area contributed by atoms with Crippen LogP contribution in [0, 0.1) is 21.4 Å². The van der Waals surface area contributed by atoms with Crippen LogP contribution in [0.5, 0.6) is 5.88 Å². The van der Waals surface area contributed by atoms with Gasteiger partial charge in [0.25, 0.3) is 0 Å². The van der Waals surface area contributed by atoms with Crippen LogP contribution in [0.4, 0.5) is 5.88 Å². The van der Waals surface area contributed by atoms with Crippen molar-refractivity contribution in [1.82, 2.24) is 10.2 Å². The molecule has 0 bridgehead atoms. The van der Waals surface area contributed by atoms with Crippen molar-refractivity contribution in [3.05, 3.63) is 74.9 Å². The number of nitrogens with zero attached hydrogens (tertiary/aromatic N) is 3. The minimum atomic E-state index is -0.774. The van der Waals surface area contributed by atoms with Crippen molar-refractivity contribution in [1.29, 1.82) is 5.26 Å². The average Bonchev–Trinajstić information content (AvgIpc) is 3.46. The van der Waals surface area contributed by atoms with Gasteiger partial charge in [-0.2, -0.15) is 5.26 Å². The van der Waals surface area contributed by atoms with Gasteiger partial charge in [0.2, 0.25) is 11.8 Å². The largest absolute Gasteiger partial charge is 0.433 e. The quantitative estimate of drug-likeness (QED) is 0.444. The highest BCUT2D eigenvalue weighted by Crippen LogP contribution is 2.46. The number of ether oxygens (including phenoxy) is 1. The lowest BCUT2D eigenvalue weighted by atomic mass is 9.83. The zero-order valence-electron chi connectivity index (χ0n) is 17.2. The Balaban J connectivity index is 1.57. The van der Waals surface area contributed by atoms with Crippen molar-refractivity contribution >= 4 is 5.88 Å². The lowest BCUT2D eigenvalue weighted by Gasteiger charge is -2.23. The van der Waals surface area contributed by atoms with E-state index in [2.05, 4.69) is 28.4 Å². The third-order valence-electron chi connectivity index (χ3n) is 6.29. The molecule has 9 nitrogen and oxygen atoms in total. The van der Waals surface area contributed by atoms with E-state index in [1.807, 2.05) is 12.1 Å². The molecule has 3 heterocycles. The van der Waals surface area contributed by atoms with Gasteiger partial charge >= 0.3 is 5.88 Å². The first-order chi connectivity index (χ1) is 15.6. The Hall–Kier alpha value is -4.06. The third kappa shape index (κ3) is 3.30. The fraction of sp³-hybridized carbons (Fsp3) is 0.304. The van der Waals surface area contributed by atoms with E-state index in [1.165, 1.54) is 49.8 Å². The van der Waals surface area contributed by atoms with Crippen molar-refractivity contribution in [2.75, 3.05) is 0 Å². The van der Waals surface area contributed by atoms with Crippen molar-refractivity contribution < 1.29 is 14.1 Å². The van der Waals surface area contributed by atoms with Gasteiger partial charge in [-0.15, -0.1) is 5.10 Å². The van der Waals surface area contributed by atoms with Gasteiger partial charge in [0.05, 0.1) is 23.2 Å². The molecule has 1 saturated carbocycles. The molecule has 1 aliphatic heterocycles. The van der Waals surface area contributed by atoms with Crippen LogP contribution in [-0.4, -0.2) is 15.1 Å². The van der Waals surface area contributed by atoms with Crippen molar-refractivity contribution in [2.24, 2.45) is 5.73 Å². The van der Waals surface area contributed by atoms with Gasteiger partial charge in [-0.25, -0.2) is 0 Å². The molecule has 3 N–H and O–H groups in total. The molecule has 0 spiro atoms. The first kappa shape index (κ1) is 19.9. The summed E-state index contributed by atoms with van der Waals surface area (Å²) in [7, 11) is 0. The van der Waals surface area contributed by atoms with Crippen LogP contribution in [0.1, 0.15) is 60.8 Å². The molecule has 0 radical (unpaired) electrons. The number of nitriles is 1. The van der Waals surface area contributed by atoms with Crippen LogP contribution in [0.15, 0.2) is 52.3 Å². The van der Waals surface area contributed by atoms with Gasteiger partial charge in [-0.05, 0) is 30.4 Å². The summed E-state index contributed by atoms with van der Waals surface area (Å²) in [6.45, 7) is 0. The molecule has 2 aromatic heterocycles. The zero-order valence-corrected chi connectivity index (χ0v) is 17.2. The number of hydrogen-bond donors (Lipinski definition) is 2. The van der Waals surface area contributed by atoms with Gasteiger partial charge in [-0.3, -0.25) is 15.2 Å². The molecule has 1 atom stereocenters. The Bertz CT molecular complexity index is 1240. The Morgan fingerprint density at radius 1 is 1.16 bits per heavy atom. The number of aromatic nitrogens is 2. The number of hydrogen-bond acceptors (Lipinski definition) is 7. The van der Waals surface area contributed by atoms with Crippen LogP contribution in [0.2, 0.25) is 0 Å². The van der Waals surface area contributed by atoms with Gasteiger partial charge < -0.3 is 14.9 Å².